The molecule has 0 bridgehead atoms. The fourth-order valence-corrected chi connectivity index (χ4v) is 2.77. The molecule has 0 radical (unpaired) electrons. The van der Waals surface area contributed by atoms with Crippen LogP contribution in [-0.4, -0.2) is 16.8 Å². The molecular weight excluding hydrogens is 391 g/mol. The number of nitrogens with zero attached hydrogens (tertiary/aromatic N) is 1. The lowest BCUT2D eigenvalue weighted by Crippen LogP contribution is -2.30. The van der Waals surface area contributed by atoms with Gasteiger partial charge in [0.25, 0.3) is 5.91 Å². The molecule has 1 saturated heterocycles. The topological polar surface area (TPSA) is 49.4 Å². The average molecular weight is 404 g/mol. The zero-order chi connectivity index (χ0) is 15.5. The lowest BCUT2D eigenvalue weighted by atomic mass is 10.2. The number of hydrogen-bond acceptors (Lipinski definition) is 2. The maximum atomic E-state index is 12.4. The predicted octanol–water partition coefficient (Wildman–Crippen LogP) is 3.38. The van der Waals surface area contributed by atoms with Crippen molar-refractivity contribution in [2.75, 3.05) is 0 Å². The zero-order valence-corrected chi connectivity index (χ0v) is 13.8. The number of halogens is 1. The van der Waals surface area contributed by atoms with Crippen LogP contribution in [0.15, 0.2) is 60.3 Å². The molecule has 0 aromatic heterocycles. The predicted molar refractivity (Wildman–Crippen MR) is 92.7 cm³/mol. The van der Waals surface area contributed by atoms with Gasteiger partial charge in [-0.25, -0.2) is 4.79 Å². The molecule has 3 amide bonds. The summed E-state index contributed by atoms with van der Waals surface area (Å²) in [7, 11) is 0. The molecule has 22 heavy (non-hydrogen) atoms. The van der Waals surface area contributed by atoms with Crippen molar-refractivity contribution in [3.05, 3.63) is 75.0 Å². The van der Waals surface area contributed by atoms with E-state index in [0.717, 1.165) is 14.7 Å². The molecule has 5 heteroatoms. The van der Waals surface area contributed by atoms with Crippen LogP contribution in [0, 0.1) is 3.57 Å². The van der Waals surface area contributed by atoms with Crippen LogP contribution in [0.4, 0.5) is 4.79 Å². The van der Waals surface area contributed by atoms with Crippen LogP contribution >= 0.6 is 22.6 Å². The highest BCUT2D eigenvalue weighted by Gasteiger charge is 2.33. The minimum atomic E-state index is -0.383. The molecule has 3 rings (SSSR count). The van der Waals surface area contributed by atoms with Crippen LogP contribution < -0.4 is 5.32 Å². The number of amides is 3. The Hall–Kier alpha value is -2.15. The molecule has 0 unspecified atom stereocenters. The van der Waals surface area contributed by atoms with Crippen LogP contribution in [0.2, 0.25) is 0 Å². The Morgan fingerprint density at radius 1 is 1.00 bits per heavy atom. The highest BCUT2D eigenvalue weighted by atomic mass is 127. The minimum absolute atomic E-state index is 0.273. The first-order chi connectivity index (χ1) is 10.6. The number of urea groups is 1. The van der Waals surface area contributed by atoms with Crippen molar-refractivity contribution in [1.82, 2.24) is 10.2 Å². The maximum Gasteiger partial charge on any atom is 0.329 e. The third-order valence-corrected chi connectivity index (χ3v) is 4.33. The molecule has 1 aliphatic heterocycles. The largest absolute Gasteiger partial charge is 0.329 e. The van der Waals surface area contributed by atoms with Crippen molar-refractivity contribution < 1.29 is 9.59 Å². The molecule has 1 N–H and O–H groups in total. The van der Waals surface area contributed by atoms with Crippen molar-refractivity contribution in [2.24, 2.45) is 0 Å². The SMILES string of the molecule is O=C1N/C(=C\c2ccccc2I)C(=O)N1Cc1ccccc1. The second-order valence-electron chi connectivity index (χ2n) is 4.89. The molecule has 0 saturated carbocycles. The Kier molecular flexibility index (Phi) is 4.24. The Morgan fingerprint density at radius 3 is 2.41 bits per heavy atom. The smallest absolute Gasteiger partial charge is 0.303 e. The summed E-state index contributed by atoms with van der Waals surface area (Å²) in [6, 6.07) is 16.8. The highest BCUT2D eigenvalue weighted by molar-refractivity contribution is 14.1. The molecule has 0 spiro atoms. The number of rotatable bonds is 3. The van der Waals surface area contributed by atoms with Crippen LogP contribution in [-0.2, 0) is 11.3 Å². The first-order valence-electron chi connectivity index (χ1n) is 6.78. The molecular formula is C17H13IN2O2. The van der Waals surface area contributed by atoms with Gasteiger partial charge in [0.2, 0.25) is 0 Å². The van der Waals surface area contributed by atoms with E-state index in [1.54, 1.807) is 6.08 Å². The number of carbonyl (C=O) groups excluding carboxylic acids is 2. The fourth-order valence-electron chi connectivity index (χ4n) is 2.23. The fraction of sp³-hybridized carbons (Fsp3) is 0.0588. The van der Waals surface area contributed by atoms with Gasteiger partial charge < -0.3 is 5.32 Å². The van der Waals surface area contributed by atoms with Crippen molar-refractivity contribution >= 4 is 40.6 Å². The number of imide groups is 1. The normalized spacial score (nSPS) is 16.2. The highest BCUT2D eigenvalue weighted by Crippen LogP contribution is 2.19. The summed E-state index contributed by atoms with van der Waals surface area (Å²) in [6.07, 6.45) is 1.72. The van der Waals surface area contributed by atoms with E-state index in [1.165, 1.54) is 4.90 Å². The number of nitrogens with one attached hydrogen (secondary N) is 1. The van der Waals surface area contributed by atoms with Crippen molar-refractivity contribution in [1.29, 1.82) is 0 Å². The van der Waals surface area contributed by atoms with Gasteiger partial charge in [0.15, 0.2) is 0 Å². The second kappa shape index (κ2) is 6.31. The third kappa shape index (κ3) is 3.04. The Balaban J connectivity index is 1.84. The molecule has 4 nitrogen and oxygen atoms in total. The van der Waals surface area contributed by atoms with Crippen LogP contribution in [0.3, 0.4) is 0 Å². The summed E-state index contributed by atoms with van der Waals surface area (Å²) < 4.78 is 1.02. The van der Waals surface area contributed by atoms with E-state index in [0.29, 0.717) is 5.70 Å². The van der Waals surface area contributed by atoms with E-state index >= 15 is 0 Å². The lowest BCUT2D eigenvalue weighted by molar-refractivity contribution is -0.123. The van der Waals surface area contributed by atoms with E-state index in [9.17, 15) is 9.59 Å². The van der Waals surface area contributed by atoms with Gasteiger partial charge in [-0.1, -0.05) is 48.5 Å². The van der Waals surface area contributed by atoms with Crippen LogP contribution in [0.5, 0.6) is 0 Å². The summed E-state index contributed by atoms with van der Waals surface area (Å²) in [5, 5.41) is 2.64. The summed E-state index contributed by atoms with van der Waals surface area (Å²) in [5.41, 5.74) is 2.14. The minimum Gasteiger partial charge on any atom is -0.303 e. The molecule has 2 aromatic rings. The second-order valence-corrected chi connectivity index (χ2v) is 6.05. The zero-order valence-electron chi connectivity index (χ0n) is 11.6. The van der Waals surface area contributed by atoms with E-state index in [1.807, 2.05) is 54.6 Å². The van der Waals surface area contributed by atoms with E-state index in [2.05, 4.69) is 27.9 Å². The van der Waals surface area contributed by atoms with Crippen LogP contribution in [0.25, 0.3) is 6.08 Å². The van der Waals surface area contributed by atoms with E-state index in [-0.39, 0.29) is 18.5 Å². The first-order valence-corrected chi connectivity index (χ1v) is 7.86. The van der Waals surface area contributed by atoms with Crippen molar-refractivity contribution in [3.63, 3.8) is 0 Å². The molecule has 1 fully saturated rings. The molecule has 0 aliphatic carbocycles. The van der Waals surface area contributed by atoms with Crippen LogP contribution in [0.1, 0.15) is 11.1 Å². The Labute approximate surface area is 142 Å². The standard InChI is InChI=1S/C17H13IN2O2/c18-14-9-5-4-8-13(14)10-15-16(21)20(17(22)19-15)11-12-6-2-1-3-7-12/h1-10H,11H2,(H,19,22)/b15-10-. The molecule has 1 aliphatic rings. The third-order valence-electron chi connectivity index (χ3n) is 3.35. The van der Waals surface area contributed by atoms with Gasteiger partial charge >= 0.3 is 6.03 Å². The number of benzene rings is 2. The summed E-state index contributed by atoms with van der Waals surface area (Å²) >= 11 is 2.20. The van der Waals surface area contributed by atoms with E-state index in [4.69, 9.17) is 0 Å². The Bertz CT molecular complexity index is 756. The monoisotopic (exact) mass is 404 g/mol. The maximum absolute atomic E-state index is 12.4. The van der Waals surface area contributed by atoms with Gasteiger partial charge in [-0.2, -0.15) is 0 Å². The van der Waals surface area contributed by atoms with Gasteiger partial charge in [-0.3, -0.25) is 9.69 Å². The van der Waals surface area contributed by atoms with Gasteiger partial charge in [0, 0.05) is 3.57 Å². The molecule has 2 aromatic carbocycles. The van der Waals surface area contributed by atoms with Gasteiger partial charge in [0.05, 0.1) is 6.54 Å². The quantitative estimate of drug-likeness (QED) is 0.485. The van der Waals surface area contributed by atoms with E-state index < -0.39 is 0 Å². The number of carbonyl (C=O) groups is 2. The van der Waals surface area contributed by atoms with Gasteiger partial charge in [-0.05, 0) is 45.9 Å². The van der Waals surface area contributed by atoms with Crippen molar-refractivity contribution in [2.45, 2.75) is 6.54 Å². The average Bonchev–Trinajstić information content (AvgIpc) is 2.78. The summed E-state index contributed by atoms with van der Waals surface area (Å²) in [6.45, 7) is 0.273. The Morgan fingerprint density at radius 2 is 1.68 bits per heavy atom. The number of hydrogen-bond donors (Lipinski definition) is 1. The van der Waals surface area contributed by atoms with Gasteiger partial charge in [0.1, 0.15) is 5.70 Å². The van der Waals surface area contributed by atoms with Crippen molar-refractivity contribution in [3.8, 4) is 0 Å². The first kappa shape index (κ1) is 14.8. The van der Waals surface area contributed by atoms with Gasteiger partial charge in [-0.15, -0.1) is 0 Å². The molecule has 0 atom stereocenters. The molecule has 1 heterocycles. The summed E-state index contributed by atoms with van der Waals surface area (Å²) in [5.74, 6) is -0.298. The summed E-state index contributed by atoms with van der Waals surface area (Å²) in [4.78, 5) is 25.7. The molecule has 110 valence electrons. The lowest BCUT2D eigenvalue weighted by Gasteiger charge is -2.11.